The third kappa shape index (κ3) is 6.10. The number of nitrogen functional groups attached to an aromatic ring is 1. The van der Waals surface area contributed by atoms with Gasteiger partial charge in [-0.25, -0.2) is 19.6 Å². The monoisotopic (exact) mass is 521 g/mol. The number of hydrogen-bond acceptors (Lipinski definition) is 9. The maximum Gasteiger partial charge on any atom is 0.248 e. The van der Waals surface area contributed by atoms with Gasteiger partial charge in [-0.15, -0.1) is 5.10 Å². The first-order chi connectivity index (χ1) is 17.7. The molecule has 3 N–H and O–H groups in total. The molecule has 0 spiro atoms. The van der Waals surface area contributed by atoms with Crippen LogP contribution in [0.15, 0.2) is 30.7 Å². The quantitative estimate of drug-likeness (QED) is 0.265. The number of nitrogens with two attached hydrogens (primary N) is 1. The van der Waals surface area contributed by atoms with Gasteiger partial charge in [0, 0.05) is 45.7 Å². The SMILES string of the molecule is COc1nn(C)cc1C#Cc1cnc(Cl)cc1NCC[C@H](C)Oc1c(-c2nccc(N)n2)c(C)nn1C. The highest BCUT2D eigenvalue weighted by atomic mass is 35.5. The molecule has 1 atom stereocenters. The minimum absolute atomic E-state index is 0.145. The van der Waals surface area contributed by atoms with Crippen molar-refractivity contribution in [2.75, 3.05) is 24.7 Å². The summed E-state index contributed by atoms with van der Waals surface area (Å²) in [6.07, 6.45) is 5.59. The highest BCUT2D eigenvalue weighted by Crippen LogP contribution is 2.31. The van der Waals surface area contributed by atoms with Gasteiger partial charge in [0.25, 0.3) is 0 Å². The molecule has 11 nitrogen and oxygen atoms in total. The molecular weight excluding hydrogens is 494 g/mol. The fourth-order valence-corrected chi connectivity index (χ4v) is 3.86. The Morgan fingerprint density at radius 3 is 2.73 bits per heavy atom. The number of pyridine rings is 1. The Balaban J connectivity index is 1.45. The van der Waals surface area contributed by atoms with E-state index in [1.807, 2.05) is 27.9 Å². The maximum absolute atomic E-state index is 6.27. The van der Waals surface area contributed by atoms with Crippen LogP contribution in [0.4, 0.5) is 11.5 Å². The summed E-state index contributed by atoms with van der Waals surface area (Å²) in [5, 5.41) is 12.5. The number of rotatable bonds is 8. The smallest absolute Gasteiger partial charge is 0.248 e. The van der Waals surface area contributed by atoms with Crippen molar-refractivity contribution < 1.29 is 9.47 Å². The number of halogens is 1. The van der Waals surface area contributed by atoms with E-state index in [-0.39, 0.29) is 6.10 Å². The van der Waals surface area contributed by atoms with Crippen molar-refractivity contribution in [3.63, 3.8) is 0 Å². The molecule has 37 heavy (non-hydrogen) atoms. The molecule has 0 amide bonds. The fraction of sp³-hybridized carbons (Fsp3) is 0.320. The van der Waals surface area contributed by atoms with Crippen LogP contribution in [0.5, 0.6) is 11.8 Å². The Labute approximate surface area is 220 Å². The molecule has 4 rings (SSSR count). The van der Waals surface area contributed by atoms with E-state index in [1.165, 1.54) is 0 Å². The second kappa shape index (κ2) is 11.2. The summed E-state index contributed by atoms with van der Waals surface area (Å²) in [6.45, 7) is 4.48. The standard InChI is InChI=1S/C25H28ClN9O2/c1-15(37-25-22(16(2)32-35(25)4)23-29-11-9-21(27)31-23)8-10-28-19-12-20(26)30-13-17(19)6-7-18-14-34(3)33-24(18)36-5/h9,11-15H,8,10H2,1-5H3,(H,28,30)(H2,27,29,31)/t15-/m0/s1. The molecule has 0 bridgehead atoms. The Bertz CT molecular complexity index is 1470. The lowest BCUT2D eigenvalue weighted by atomic mass is 10.2. The van der Waals surface area contributed by atoms with E-state index in [0.717, 1.165) is 16.9 Å². The number of aryl methyl sites for hydroxylation is 3. The summed E-state index contributed by atoms with van der Waals surface area (Å²) in [5.41, 5.74) is 9.49. The molecule has 0 aliphatic rings. The number of methoxy groups -OCH3 is 1. The van der Waals surface area contributed by atoms with E-state index in [1.54, 1.807) is 47.2 Å². The molecule has 4 aromatic rings. The zero-order valence-corrected chi connectivity index (χ0v) is 22.0. The minimum Gasteiger partial charge on any atom is -0.479 e. The van der Waals surface area contributed by atoms with Crippen LogP contribution in [0.25, 0.3) is 11.4 Å². The summed E-state index contributed by atoms with van der Waals surface area (Å²) in [6, 6.07) is 3.39. The molecule has 4 heterocycles. The van der Waals surface area contributed by atoms with Crippen molar-refractivity contribution in [2.24, 2.45) is 14.1 Å². The van der Waals surface area contributed by atoms with Gasteiger partial charge in [-0.3, -0.25) is 4.68 Å². The summed E-state index contributed by atoms with van der Waals surface area (Å²) >= 11 is 6.15. The molecule has 0 saturated carbocycles. The molecule has 0 saturated heterocycles. The van der Waals surface area contributed by atoms with Crippen LogP contribution in [0.2, 0.25) is 5.15 Å². The van der Waals surface area contributed by atoms with Gasteiger partial charge in [0.2, 0.25) is 11.8 Å². The summed E-state index contributed by atoms with van der Waals surface area (Å²) in [4.78, 5) is 12.8. The molecule has 0 aliphatic carbocycles. The molecule has 0 aliphatic heterocycles. The molecule has 0 aromatic carbocycles. The average Bonchev–Trinajstić information content (AvgIpc) is 3.35. The number of aromatic nitrogens is 7. The van der Waals surface area contributed by atoms with Gasteiger partial charge in [0.05, 0.1) is 30.2 Å². The Morgan fingerprint density at radius 2 is 1.97 bits per heavy atom. The normalized spacial score (nSPS) is 11.5. The lowest BCUT2D eigenvalue weighted by Gasteiger charge is -2.17. The lowest BCUT2D eigenvalue weighted by molar-refractivity contribution is 0.198. The van der Waals surface area contributed by atoms with E-state index in [9.17, 15) is 0 Å². The van der Waals surface area contributed by atoms with Crippen LogP contribution in [-0.4, -0.2) is 54.3 Å². The van der Waals surface area contributed by atoms with Crippen molar-refractivity contribution in [1.29, 1.82) is 0 Å². The first-order valence-corrected chi connectivity index (χ1v) is 11.9. The van der Waals surface area contributed by atoms with Crippen molar-refractivity contribution in [2.45, 2.75) is 26.4 Å². The van der Waals surface area contributed by atoms with Crippen molar-refractivity contribution in [3.05, 3.63) is 52.7 Å². The predicted molar refractivity (Wildman–Crippen MR) is 142 cm³/mol. The zero-order chi connectivity index (χ0) is 26.5. The Hall–Kier alpha value is -4.30. The highest BCUT2D eigenvalue weighted by Gasteiger charge is 2.21. The van der Waals surface area contributed by atoms with Gasteiger partial charge in [-0.05, 0) is 26.0 Å². The van der Waals surface area contributed by atoms with Gasteiger partial charge in [-0.1, -0.05) is 23.4 Å². The minimum atomic E-state index is -0.145. The van der Waals surface area contributed by atoms with E-state index < -0.39 is 0 Å². The second-order valence-corrected chi connectivity index (χ2v) is 8.75. The number of hydrogen-bond donors (Lipinski definition) is 2. The fourth-order valence-electron chi connectivity index (χ4n) is 3.70. The number of nitrogens with zero attached hydrogens (tertiary/aromatic N) is 7. The van der Waals surface area contributed by atoms with E-state index in [4.69, 9.17) is 26.8 Å². The van der Waals surface area contributed by atoms with Crippen molar-refractivity contribution in [1.82, 2.24) is 34.5 Å². The third-order valence-corrected chi connectivity index (χ3v) is 5.65. The van der Waals surface area contributed by atoms with Crippen LogP contribution >= 0.6 is 11.6 Å². The van der Waals surface area contributed by atoms with Gasteiger partial charge >= 0.3 is 0 Å². The molecule has 4 aromatic heterocycles. The van der Waals surface area contributed by atoms with Crippen LogP contribution < -0.4 is 20.5 Å². The summed E-state index contributed by atoms with van der Waals surface area (Å²) in [7, 11) is 5.20. The lowest BCUT2D eigenvalue weighted by Crippen LogP contribution is -2.19. The van der Waals surface area contributed by atoms with Crippen molar-refractivity contribution in [3.8, 4) is 35.0 Å². The first-order valence-electron chi connectivity index (χ1n) is 11.5. The first kappa shape index (κ1) is 25.8. The largest absolute Gasteiger partial charge is 0.479 e. The van der Waals surface area contributed by atoms with Crippen molar-refractivity contribution >= 4 is 23.1 Å². The number of ether oxygens (including phenoxy) is 2. The molecule has 192 valence electrons. The van der Waals surface area contributed by atoms with Gasteiger partial charge < -0.3 is 20.5 Å². The van der Waals surface area contributed by atoms with Gasteiger partial charge in [0.1, 0.15) is 22.1 Å². The van der Waals surface area contributed by atoms with Crippen LogP contribution in [0, 0.1) is 18.8 Å². The molecule has 0 fully saturated rings. The molecule has 0 unspecified atom stereocenters. The average molecular weight is 522 g/mol. The van der Waals surface area contributed by atoms with Crippen LogP contribution in [0.1, 0.15) is 30.2 Å². The number of nitrogens with one attached hydrogen (secondary N) is 1. The van der Waals surface area contributed by atoms with Crippen LogP contribution in [-0.2, 0) is 14.1 Å². The van der Waals surface area contributed by atoms with E-state index >= 15 is 0 Å². The van der Waals surface area contributed by atoms with Gasteiger partial charge in [0.15, 0.2) is 5.82 Å². The topological polar surface area (TPSA) is 131 Å². The Morgan fingerprint density at radius 1 is 1.19 bits per heavy atom. The third-order valence-electron chi connectivity index (χ3n) is 5.44. The predicted octanol–water partition coefficient (Wildman–Crippen LogP) is 3.23. The highest BCUT2D eigenvalue weighted by molar-refractivity contribution is 6.29. The van der Waals surface area contributed by atoms with E-state index in [2.05, 4.69) is 42.3 Å². The molecule has 12 heteroatoms. The Kier molecular flexibility index (Phi) is 7.79. The van der Waals surface area contributed by atoms with Gasteiger partial charge in [-0.2, -0.15) is 5.10 Å². The summed E-state index contributed by atoms with van der Waals surface area (Å²) < 4.78 is 14.9. The number of anilines is 2. The molecule has 0 radical (unpaired) electrons. The van der Waals surface area contributed by atoms with E-state index in [0.29, 0.717) is 52.6 Å². The summed E-state index contributed by atoms with van der Waals surface area (Å²) in [5.74, 6) is 8.13. The maximum atomic E-state index is 6.27. The van der Waals surface area contributed by atoms with Crippen LogP contribution in [0.3, 0.4) is 0 Å². The second-order valence-electron chi connectivity index (χ2n) is 8.37. The zero-order valence-electron chi connectivity index (χ0n) is 21.3. The molecular formula is C25H28ClN9O2.